The first-order valence-electron chi connectivity index (χ1n) is 12.6. The molecular formula is C30H28F3N5S2. The molecule has 1 N–H and O–H groups in total. The zero-order valence-electron chi connectivity index (χ0n) is 21.9. The SMILES string of the molecule is CSc1ccc(NC(=S)N(CCCc2cncn2Cc2ccc(C#N)cc2)Cc2ccccc2C(F)(F)F)cc1. The molecule has 0 amide bonds. The molecule has 0 aliphatic heterocycles. The van der Waals surface area contributed by atoms with Crippen LogP contribution in [0.4, 0.5) is 18.9 Å². The molecule has 40 heavy (non-hydrogen) atoms. The third-order valence-electron chi connectivity index (χ3n) is 6.41. The number of nitrogens with zero attached hydrogens (tertiary/aromatic N) is 4. The van der Waals surface area contributed by atoms with Gasteiger partial charge in [0.05, 0.1) is 23.5 Å². The molecule has 0 saturated heterocycles. The van der Waals surface area contributed by atoms with Crippen molar-refractivity contribution in [3.63, 3.8) is 0 Å². The van der Waals surface area contributed by atoms with Crippen molar-refractivity contribution in [3.8, 4) is 6.07 Å². The highest BCUT2D eigenvalue weighted by Crippen LogP contribution is 2.32. The number of benzene rings is 3. The number of anilines is 1. The lowest BCUT2D eigenvalue weighted by atomic mass is 10.1. The lowest BCUT2D eigenvalue weighted by Crippen LogP contribution is -2.36. The summed E-state index contributed by atoms with van der Waals surface area (Å²) in [5, 5.41) is 12.6. The summed E-state index contributed by atoms with van der Waals surface area (Å²) < 4.78 is 43.2. The van der Waals surface area contributed by atoms with Gasteiger partial charge in [-0.1, -0.05) is 30.3 Å². The molecule has 3 aromatic carbocycles. The van der Waals surface area contributed by atoms with Crippen molar-refractivity contribution in [2.75, 3.05) is 18.1 Å². The summed E-state index contributed by atoms with van der Waals surface area (Å²) in [5.41, 5.74) is 2.94. The van der Waals surface area contributed by atoms with Crippen molar-refractivity contribution in [3.05, 3.63) is 113 Å². The van der Waals surface area contributed by atoms with E-state index < -0.39 is 11.7 Å². The van der Waals surface area contributed by atoms with E-state index in [0.717, 1.165) is 27.9 Å². The topological polar surface area (TPSA) is 56.9 Å². The van der Waals surface area contributed by atoms with Crippen LogP contribution >= 0.6 is 24.0 Å². The molecule has 0 unspecified atom stereocenters. The molecular weight excluding hydrogens is 551 g/mol. The Morgan fingerprint density at radius 3 is 2.48 bits per heavy atom. The first-order valence-corrected chi connectivity index (χ1v) is 14.2. The van der Waals surface area contributed by atoms with Gasteiger partial charge in [0.2, 0.25) is 0 Å². The Hall–Kier alpha value is -3.81. The van der Waals surface area contributed by atoms with Gasteiger partial charge in [-0.3, -0.25) is 0 Å². The molecule has 0 aliphatic carbocycles. The first-order chi connectivity index (χ1) is 19.3. The second-order valence-corrected chi connectivity index (χ2v) is 10.4. The van der Waals surface area contributed by atoms with E-state index in [2.05, 4.69) is 16.4 Å². The van der Waals surface area contributed by atoms with Gasteiger partial charge in [-0.2, -0.15) is 18.4 Å². The van der Waals surface area contributed by atoms with E-state index in [0.29, 0.717) is 36.6 Å². The molecule has 0 fully saturated rings. The van der Waals surface area contributed by atoms with Gasteiger partial charge >= 0.3 is 6.18 Å². The molecule has 0 spiro atoms. The van der Waals surface area contributed by atoms with Crippen molar-refractivity contribution in [1.29, 1.82) is 5.26 Å². The number of thioether (sulfide) groups is 1. The minimum atomic E-state index is -4.46. The summed E-state index contributed by atoms with van der Waals surface area (Å²) in [6.07, 6.45) is 2.41. The molecule has 0 bridgehead atoms. The Morgan fingerprint density at radius 1 is 1.07 bits per heavy atom. The van der Waals surface area contributed by atoms with Crippen molar-refractivity contribution in [1.82, 2.24) is 14.5 Å². The average molecular weight is 580 g/mol. The van der Waals surface area contributed by atoms with Crippen molar-refractivity contribution in [2.45, 2.75) is 37.0 Å². The standard InChI is InChI=1S/C30H28F3N5S2/c1-40-27-14-12-25(13-15-27)36-29(39)37(20-24-5-2-3-7-28(24)30(31,32)33)16-4-6-26-18-35-21-38(26)19-23-10-8-22(17-34)9-11-23/h2-3,5,7-15,18,21H,4,6,16,19-20H2,1H3,(H,36,39). The summed E-state index contributed by atoms with van der Waals surface area (Å²) in [6, 6.07) is 22.9. The Kier molecular flexibility index (Phi) is 9.85. The molecule has 0 aliphatic rings. The highest BCUT2D eigenvalue weighted by molar-refractivity contribution is 7.98. The third-order valence-corrected chi connectivity index (χ3v) is 7.51. The van der Waals surface area contributed by atoms with Gasteiger partial charge in [-0.25, -0.2) is 4.98 Å². The molecule has 4 rings (SSSR count). The summed E-state index contributed by atoms with van der Waals surface area (Å²) in [6.45, 7) is 1.08. The maximum Gasteiger partial charge on any atom is 0.416 e. The Bertz CT molecular complexity index is 1460. The third kappa shape index (κ3) is 7.87. The van der Waals surface area contributed by atoms with Gasteiger partial charge in [0.25, 0.3) is 0 Å². The monoisotopic (exact) mass is 579 g/mol. The number of aromatic nitrogens is 2. The molecule has 10 heteroatoms. The molecule has 1 heterocycles. The van der Waals surface area contributed by atoms with Crippen LogP contribution in [-0.2, 0) is 25.7 Å². The molecule has 206 valence electrons. The van der Waals surface area contributed by atoms with E-state index in [-0.39, 0.29) is 12.1 Å². The Labute approximate surface area is 241 Å². The fraction of sp³-hybridized carbons (Fsp3) is 0.233. The quantitative estimate of drug-likeness (QED) is 0.156. The second-order valence-electron chi connectivity index (χ2n) is 9.16. The molecule has 5 nitrogen and oxygen atoms in total. The predicted octanol–water partition coefficient (Wildman–Crippen LogP) is 7.38. The van der Waals surface area contributed by atoms with Crippen LogP contribution in [-0.4, -0.2) is 32.4 Å². The fourth-order valence-electron chi connectivity index (χ4n) is 4.30. The van der Waals surface area contributed by atoms with E-state index in [1.54, 1.807) is 47.4 Å². The van der Waals surface area contributed by atoms with Gasteiger partial charge in [-0.05, 0) is 84.9 Å². The number of aryl methyl sites for hydroxylation is 1. The van der Waals surface area contributed by atoms with Crippen LogP contribution in [0, 0.1) is 11.3 Å². The van der Waals surface area contributed by atoms with E-state index in [1.165, 1.54) is 12.1 Å². The van der Waals surface area contributed by atoms with Gasteiger partial charge in [0.15, 0.2) is 5.11 Å². The van der Waals surface area contributed by atoms with E-state index in [4.69, 9.17) is 17.5 Å². The van der Waals surface area contributed by atoms with Crippen LogP contribution in [0.3, 0.4) is 0 Å². The van der Waals surface area contributed by atoms with Crippen LogP contribution < -0.4 is 5.32 Å². The van der Waals surface area contributed by atoms with Crippen LogP contribution in [0.5, 0.6) is 0 Å². The number of nitriles is 1. The van der Waals surface area contributed by atoms with E-state index in [1.807, 2.05) is 47.2 Å². The minimum Gasteiger partial charge on any atom is -0.345 e. The largest absolute Gasteiger partial charge is 0.416 e. The maximum absolute atomic E-state index is 13.7. The van der Waals surface area contributed by atoms with Crippen molar-refractivity contribution < 1.29 is 13.2 Å². The molecule has 0 atom stereocenters. The second kappa shape index (κ2) is 13.5. The van der Waals surface area contributed by atoms with Gasteiger partial charge in [0, 0.05) is 42.1 Å². The van der Waals surface area contributed by atoms with Gasteiger partial charge in [-0.15, -0.1) is 11.8 Å². The van der Waals surface area contributed by atoms with Crippen LogP contribution in [0.1, 0.15) is 34.4 Å². The average Bonchev–Trinajstić information content (AvgIpc) is 3.39. The number of hydrogen-bond acceptors (Lipinski definition) is 4. The number of imidazole rings is 1. The maximum atomic E-state index is 13.7. The fourth-order valence-corrected chi connectivity index (χ4v) is 4.98. The number of hydrogen-bond donors (Lipinski definition) is 1. The first kappa shape index (κ1) is 29.2. The van der Waals surface area contributed by atoms with E-state index in [9.17, 15) is 13.2 Å². The van der Waals surface area contributed by atoms with Crippen LogP contribution in [0.15, 0.2) is 90.2 Å². The lowest BCUT2D eigenvalue weighted by Gasteiger charge is -2.27. The number of thiocarbonyl (C=S) groups is 1. The number of halogens is 3. The summed E-state index contributed by atoms with van der Waals surface area (Å²) in [5.74, 6) is 0. The highest BCUT2D eigenvalue weighted by Gasteiger charge is 2.33. The predicted molar refractivity (Wildman–Crippen MR) is 157 cm³/mol. The van der Waals surface area contributed by atoms with E-state index >= 15 is 0 Å². The smallest absolute Gasteiger partial charge is 0.345 e. The minimum absolute atomic E-state index is 0.0227. The number of nitrogens with one attached hydrogen (secondary N) is 1. The van der Waals surface area contributed by atoms with Crippen molar-refractivity contribution >= 4 is 34.8 Å². The zero-order valence-corrected chi connectivity index (χ0v) is 23.5. The molecule has 1 aromatic heterocycles. The summed E-state index contributed by atoms with van der Waals surface area (Å²) in [7, 11) is 0. The molecule has 0 saturated carbocycles. The highest BCUT2D eigenvalue weighted by atomic mass is 32.2. The Morgan fingerprint density at radius 2 is 1.80 bits per heavy atom. The van der Waals surface area contributed by atoms with Gasteiger partial charge < -0.3 is 14.8 Å². The lowest BCUT2D eigenvalue weighted by molar-refractivity contribution is -0.138. The van der Waals surface area contributed by atoms with Crippen LogP contribution in [0.25, 0.3) is 0 Å². The summed E-state index contributed by atoms with van der Waals surface area (Å²) in [4.78, 5) is 7.18. The normalized spacial score (nSPS) is 11.2. The number of alkyl halides is 3. The molecule has 4 aromatic rings. The Balaban J connectivity index is 1.47. The summed E-state index contributed by atoms with van der Waals surface area (Å²) >= 11 is 7.31. The van der Waals surface area contributed by atoms with Gasteiger partial charge in [0.1, 0.15) is 0 Å². The molecule has 0 radical (unpaired) electrons. The zero-order chi connectivity index (χ0) is 28.5. The van der Waals surface area contributed by atoms with Crippen LogP contribution in [0.2, 0.25) is 0 Å². The number of rotatable bonds is 10. The van der Waals surface area contributed by atoms with Crippen molar-refractivity contribution in [2.24, 2.45) is 0 Å².